The number of halogens is 1. The van der Waals surface area contributed by atoms with Crippen LogP contribution in [-0.2, 0) is 0 Å². The zero-order chi connectivity index (χ0) is 10.1. The van der Waals surface area contributed by atoms with E-state index in [0.717, 1.165) is 17.0 Å². The maximum absolute atomic E-state index is 4.47. The molecule has 14 heavy (non-hydrogen) atoms. The van der Waals surface area contributed by atoms with Crippen LogP contribution in [0.5, 0.6) is 0 Å². The molecule has 72 valence electrons. The predicted molar refractivity (Wildman–Crippen MR) is 66.7 cm³/mol. The van der Waals surface area contributed by atoms with E-state index in [0.29, 0.717) is 5.92 Å². The van der Waals surface area contributed by atoms with E-state index in [1.165, 1.54) is 0 Å². The molecule has 0 saturated heterocycles. The van der Waals surface area contributed by atoms with Gasteiger partial charge in [-0.3, -0.25) is 0 Å². The second kappa shape index (κ2) is 3.71. The van der Waals surface area contributed by atoms with Crippen molar-refractivity contribution in [3.63, 3.8) is 0 Å². The highest BCUT2D eigenvalue weighted by molar-refractivity contribution is 14.1. The lowest BCUT2D eigenvalue weighted by Gasteiger charge is -2.00. The molecule has 1 aliphatic rings. The summed E-state index contributed by atoms with van der Waals surface area (Å²) in [4.78, 5) is 3.97. The van der Waals surface area contributed by atoms with E-state index in [1.54, 1.807) is 6.20 Å². The largest absolute Gasteiger partial charge is 0.214 e. The van der Waals surface area contributed by atoms with Crippen molar-refractivity contribution in [3.8, 4) is 0 Å². The van der Waals surface area contributed by atoms with Gasteiger partial charge in [0.25, 0.3) is 0 Å². The number of fused-ring (bicyclic) bond motifs is 1. The molecule has 1 aliphatic heterocycles. The molecule has 2 heterocycles. The molecule has 0 bridgehead atoms. The van der Waals surface area contributed by atoms with Crippen LogP contribution in [0.1, 0.15) is 36.7 Å². The molecule has 0 atom stereocenters. The van der Waals surface area contributed by atoms with Crippen molar-refractivity contribution in [2.75, 3.05) is 0 Å². The summed E-state index contributed by atoms with van der Waals surface area (Å²) in [7, 11) is 0. The van der Waals surface area contributed by atoms with E-state index in [1.807, 2.05) is 15.0 Å². The average Bonchev–Trinajstić information content (AvgIpc) is 2.38. The minimum Gasteiger partial charge on any atom is -0.214 e. The molecule has 0 unspecified atom stereocenters. The Morgan fingerprint density at radius 2 is 2.29 bits per heavy atom. The number of hydrogen-bond donors (Lipinski definition) is 0. The second-order valence-corrected chi connectivity index (χ2v) is 4.33. The Hall–Kier alpha value is -0.870. The van der Waals surface area contributed by atoms with Crippen LogP contribution in [-0.4, -0.2) is 13.9 Å². The van der Waals surface area contributed by atoms with Crippen molar-refractivity contribution >= 4 is 40.9 Å². The van der Waals surface area contributed by atoms with Crippen molar-refractivity contribution in [1.82, 2.24) is 7.99 Å². The SMILES string of the molecule is CC(C)c1nn(I)c2c1C=CN=C=C2. The molecule has 0 fully saturated rings. The Morgan fingerprint density at radius 3 is 3.00 bits per heavy atom. The first-order chi connectivity index (χ1) is 6.70. The molecule has 3 nitrogen and oxygen atoms in total. The molecule has 0 spiro atoms. The Kier molecular flexibility index (Phi) is 2.56. The molecule has 0 amide bonds. The van der Waals surface area contributed by atoms with Gasteiger partial charge in [0.05, 0.1) is 34.3 Å². The van der Waals surface area contributed by atoms with Gasteiger partial charge in [-0.1, -0.05) is 13.8 Å². The summed E-state index contributed by atoms with van der Waals surface area (Å²) < 4.78 is 1.85. The van der Waals surface area contributed by atoms with Gasteiger partial charge in [-0.25, -0.2) is 7.89 Å². The van der Waals surface area contributed by atoms with Crippen molar-refractivity contribution in [3.05, 3.63) is 23.2 Å². The van der Waals surface area contributed by atoms with E-state index < -0.39 is 0 Å². The molecule has 1 aromatic rings. The molecular weight excluding hydrogens is 289 g/mol. The van der Waals surface area contributed by atoms with Gasteiger partial charge in [0.2, 0.25) is 0 Å². The minimum atomic E-state index is 0.427. The number of aromatic nitrogens is 2. The number of rotatable bonds is 1. The van der Waals surface area contributed by atoms with Crippen LogP contribution >= 0.6 is 22.9 Å². The lowest BCUT2D eigenvalue weighted by atomic mass is 10.0. The van der Waals surface area contributed by atoms with Gasteiger partial charge in [-0.05, 0) is 17.9 Å². The first kappa shape index (κ1) is 9.68. The van der Waals surface area contributed by atoms with Crippen molar-refractivity contribution < 1.29 is 0 Å². The molecule has 0 N–H and O–H groups in total. The summed E-state index contributed by atoms with van der Waals surface area (Å²) in [5.41, 5.74) is 3.33. The molecule has 2 rings (SSSR count). The first-order valence-electron chi connectivity index (χ1n) is 4.44. The highest BCUT2D eigenvalue weighted by Gasteiger charge is 2.15. The lowest BCUT2D eigenvalue weighted by molar-refractivity contribution is 0.804. The Morgan fingerprint density at radius 1 is 1.50 bits per heavy atom. The Bertz CT molecular complexity index is 448. The van der Waals surface area contributed by atoms with Gasteiger partial charge in [0, 0.05) is 17.8 Å². The summed E-state index contributed by atoms with van der Waals surface area (Å²) in [6.45, 7) is 4.28. The Labute approximate surface area is 96.7 Å². The Balaban J connectivity index is 2.66. The maximum Gasteiger partial charge on any atom is 0.0893 e. The first-order valence-corrected chi connectivity index (χ1v) is 5.41. The third-order valence-electron chi connectivity index (χ3n) is 2.08. The van der Waals surface area contributed by atoms with Crippen LogP contribution in [0.25, 0.3) is 12.2 Å². The minimum absolute atomic E-state index is 0.427. The van der Waals surface area contributed by atoms with Crippen LogP contribution in [0.4, 0.5) is 0 Å². The molecule has 0 aliphatic carbocycles. The highest BCUT2D eigenvalue weighted by Crippen LogP contribution is 2.26. The van der Waals surface area contributed by atoms with Crippen LogP contribution in [0, 0.1) is 0 Å². The molecule has 0 saturated carbocycles. The zero-order valence-corrected chi connectivity index (χ0v) is 10.2. The van der Waals surface area contributed by atoms with Crippen LogP contribution in [0.3, 0.4) is 0 Å². The van der Waals surface area contributed by atoms with Gasteiger partial charge in [0.15, 0.2) is 0 Å². The summed E-state index contributed by atoms with van der Waals surface area (Å²) in [6, 6.07) is 0. The third-order valence-corrected chi connectivity index (χ3v) is 2.82. The van der Waals surface area contributed by atoms with Crippen LogP contribution in [0.2, 0.25) is 0 Å². The third kappa shape index (κ3) is 1.55. The quantitative estimate of drug-likeness (QED) is 0.733. The van der Waals surface area contributed by atoms with Crippen LogP contribution in [0.15, 0.2) is 11.2 Å². The monoisotopic (exact) mass is 299 g/mol. The highest BCUT2D eigenvalue weighted by atomic mass is 127. The summed E-state index contributed by atoms with van der Waals surface area (Å²) in [6.07, 6.45) is 5.61. The van der Waals surface area contributed by atoms with Gasteiger partial charge >= 0.3 is 0 Å². The zero-order valence-electron chi connectivity index (χ0n) is 8.03. The van der Waals surface area contributed by atoms with Gasteiger partial charge < -0.3 is 0 Å². The fourth-order valence-corrected chi connectivity index (χ4v) is 2.05. The maximum atomic E-state index is 4.47. The van der Waals surface area contributed by atoms with E-state index in [2.05, 4.69) is 52.7 Å². The van der Waals surface area contributed by atoms with Gasteiger partial charge in [-0.15, -0.1) is 0 Å². The average molecular weight is 299 g/mol. The summed E-state index contributed by atoms with van der Waals surface area (Å²) in [5.74, 6) is 3.27. The fraction of sp³-hybridized carbons (Fsp3) is 0.300. The van der Waals surface area contributed by atoms with E-state index in [-0.39, 0.29) is 0 Å². The molecule has 1 aromatic heterocycles. The van der Waals surface area contributed by atoms with Crippen molar-refractivity contribution in [2.45, 2.75) is 19.8 Å². The van der Waals surface area contributed by atoms with Crippen molar-refractivity contribution in [2.24, 2.45) is 4.99 Å². The van der Waals surface area contributed by atoms with E-state index in [9.17, 15) is 0 Å². The van der Waals surface area contributed by atoms with Crippen molar-refractivity contribution in [1.29, 1.82) is 0 Å². The van der Waals surface area contributed by atoms with E-state index in [4.69, 9.17) is 0 Å². The summed E-state index contributed by atoms with van der Waals surface area (Å²) in [5, 5.41) is 4.47. The van der Waals surface area contributed by atoms with Gasteiger partial charge in [-0.2, -0.15) is 5.10 Å². The van der Waals surface area contributed by atoms with Crippen LogP contribution < -0.4 is 0 Å². The summed E-state index contributed by atoms with van der Waals surface area (Å²) >= 11 is 2.17. The molecular formula is C10H10IN3. The standard InChI is InChI=1S/C10H10IN3/c1-7(2)10-8-3-5-12-6-4-9(8)14(11)13-10/h3-5,7H,1-2H3. The molecule has 0 aromatic carbocycles. The molecule has 0 radical (unpaired) electrons. The lowest BCUT2D eigenvalue weighted by Crippen LogP contribution is -1.90. The topological polar surface area (TPSA) is 30.2 Å². The number of aliphatic imine (C=N–C) groups is 1. The smallest absolute Gasteiger partial charge is 0.0893 e. The number of hydrogen-bond acceptors (Lipinski definition) is 2. The number of nitrogens with zero attached hydrogens (tertiary/aromatic N) is 3. The second-order valence-electron chi connectivity index (χ2n) is 3.42. The van der Waals surface area contributed by atoms with Gasteiger partial charge in [0.1, 0.15) is 0 Å². The fourth-order valence-electron chi connectivity index (χ4n) is 1.41. The normalized spacial score (nSPS) is 13.4. The van der Waals surface area contributed by atoms with E-state index >= 15 is 0 Å². The predicted octanol–water partition coefficient (Wildman–Crippen LogP) is 2.87. The molecule has 4 heteroatoms.